The maximum absolute atomic E-state index is 10.1. The first-order chi connectivity index (χ1) is 10.1. The first kappa shape index (κ1) is 14.3. The molecule has 2 aromatic rings. The maximum atomic E-state index is 10.1. The minimum Gasteiger partial charge on any atom is -0.388 e. The summed E-state index contributed by atoms with van der Waals surface area (Å²) in [5.74, 6) is 0. The average Bonchev–Trinajstić information content (AvgIpc) is 3.02. The molecule has 2 aromatic heterocycles. The van der Waals surface area contributed by atoms with Gasteiger partial charge < -0.3 is 19.7 Å². The van der Waals surface area contributed by atoms with Crippen molar-refractivity contribution in [1.82, 2.24) is 19.5 Å². The molecule has 0 saturated carbocycles. The Kier molecular flexibility index (Phi) is 3.85. The van der Waals surface area contributed by atoms with Crippen molar-refractivity contribution < 1.29 is 19.7 Å². The summed E-state index contributed by atoms with van der Waals surface area (Å²) in [5.41, 5.74) is 2.00. The Morgan fingerprint density at radius 3 is 2.76 bits per heavy atom. The highest BCUT2D eigenvalue weighted by atomic mass is 16.6. The molecule has 0 spiro atoms. The molecule has 0 aromatic carbocycles. The van der Waals surface area contributed by atoms with E-state index < -0.39 is 24.5 Å². The van der Waals surface area contributed by atoms with Crippen molar-refractivity contribution >= 4 is 11.2 Å². The highest BCUT2D eigenvalue weighted by Crippen LogP contribution is 2.31. The molecule has 1 saturated heterocycles. The molecule has 0 amide bonds. The second-order valence-corrected chi connectivity index (χ2v) is 5.10. The zero-order valence-corrected chi connectivity index (χ0v) is 11.9. The fourth-order valence-corrected chi connectivity index (χ4v) is 2.53. The fraction of sp³-hybridized carbons (Fsp3) is 0.615. The van der Waals surface area contributed by atoms with E-state index in [2.05, 4.69) is 15.0 Å². The van der Waals surface area contributed by atoms with E-state index in [4.69, 9.17) is 9.47 Å². The van der Waals surface area contributed by atoms with Gasteiger partial charge in [0, 0.05) is 13.5 Å². The zero-order valence-electron chi connectivity index (χ0n) is 11.9. The Hall–Kier alpha value is -1.61. The number of hydrogen-bond donors (Lipinski definition) is 2. The van der Waals surface area contributed by atoms with Crippen LogP contribution in [0.15, 0.2) is 12.7 Å². The average molecular weight is 294 g/mol. The van der Waals surface area contributed by atoms with E-state index in [9.17, 15) is 10.2 Å². The lowest BCUT2D eigenvalue weighted by molar-refractivity contribution is -0.0299. The van der Waals surface area contributed by atoms with Gasteiger partial charge in [0.2, 0.25) is 0 Å². The van der Waals surface area contributed by atoms with Crippen LogP contribution < -0.4 is 0 Å². The van der Waals surface area contributed by atoms with Gasteiger partial charge in [-0.2, -0.15) is 0 Å². The molecule has 1 fully saturated rings. The lowest BCUT2D eigenvalue weighted by atomic mass is 10.1. The number of aromatic nitrogens is 4. The first-order valence-electron chi connectivity index (χ1n) is 6.80. The quantitative estimate of drug-likeness (QED) is 0.794. The highest BCUT2D eigenvalue weighted by Gasteiger charge is 2.42. The molecule has 114 valence electrons. The third-order valence-electron chi connectivity index (χ3n) is 3.73. The fourth-order valence-electron chi connectivity index (χ4n) is 2.53. The van der Waals surface area contributed by atoms with Gasteiger partial charge in [0.15, 0.2) is 11.9 Å². The van der Waals surface area contributed by atoms with Crippen LogP contribution in [0.25, 0.3) is 11.2 Å². The Morgan fingerprint density at radius 1 is 1.29 bits per heavy atom. The van der Waals surface area contributed by atoms with Crippen LogP contribution >= 0.6 is 0 Å². The number of imidazole rings is 1. The molecule has 2 N–H and O–H groups in total. The number of hydrogen-bond acceptors (Lipinski definition) is 7. The minimum atomic E-state index is -1.02. The van der Waals surface area contributed by atoms with Crippen molar-refractivity contribution in [2.75, 3.05) is 13.7 Å². The second-order valence-electron chi connectivity index (χ2n) is 5.10. The van der Waals surface area contributed by atoms with E-state index in [1.807, 2.05) is 0 Å². The zero-order chi connectivity index (χ0) is 15.0. The standard InChI is InChI=1S/C13H18N4O4/c1-7-10(18)11(19)13(21-7)17-6-16-9-8(3-4-20-2)14-5-15-12(9)17/h5-7,10-11,13,18-19H,3-4H2,1-2H3/t7-,10-,11-,13-/m1/s1. The monoisotopic (exact) mass is 294 g/mol. The molecule has 4 atom stereocenters. The molecule has 0 unspecified atom stereocenters. The van der Waals surface area contributed by atoms with Crippen LogP contribution in [0, 0.1) is 0 Å². The van der Waals surface area contributed by atoms with Crippen molar-refractivity contribution in [2.24, 2.45) is 0 Å². The number of ether oxygens (including phenoxy) is 2. The smallest absolute Gasteiger partial charge is 0.165 e. The maximum Gasteiger partial charge on any atom is 0.165 e. The lowest BCUT2D eigenvalue weighted by Crippen LogP contribution is -2.30. The van der Waals surface area contributed by atoms with Crippen LogP contribution in [0.1, 0.15) is 18.8 Å². The Balaban J connectivity index is 1.97. The van der Waals surface area contributed by atoms with E-state index in [1.165, 1.54) is 6.33 Å². The third kappa shape index (κ3) is 2.40. The van der Waals surface area contributed by atoms with Crippen LogP contribution in [0.4, 0.5) is 0 Å². The van der Waals surface area contributed by atoms with E-state index in [0.29, 0.717) is 24.2 Å². The molecule has 8 heteroatoms. The first-order valence-corrected chi connectivity index (χ1v) is 6.80. The topological polar surface area (TPSA) is 103 Å². The van der Waals surface area contributed by atoms with Crippen LogP contribution in [-0.2, 0) is 15.9 Å². The summed E-state index contributed by atoms with van der Waals surface area (Å²) in [4.78, 5) is 12.7. The van der Waals surface area contributed by atoms with Crippen molar-refractivity contribution in [3.05, 3.63) is 18.3 Å². The Morgan fingerprint density at radius 2 is 2.10 bits per heavy atom. The Labute approximate surface area is 121 Å². The van der Waals surface area contributed by atoms with E-state index in [-0.39, 0.29) is 0 Å². The van der Waals surface area contributed by atoms with Crippen molar-refractivity contribution in [3.8, 4) is 0 Å². The molecule has 8 nitrogen and oxygen atoms in total. The molecule has 3 heterocycles. The van der Waals surface area contributed by atoms with Gasteiger partial charge in [-0.25, -0.2) is 15.0 Å². The summed E-state index contributed by atoms with van der Waals surface area (Å²) in [5, 5.41) is 19.9. The molecule has 21 heavy (non-hydrogen) atoms. The van der Waals surface area contributed by atoms with E-state index >= 15 is 0 Å². The molecule has 0 bridgehead atoms. The van der Waals surface area contributed by atoms with Crippen molar-refractivity contribution in [2.45, 2.75) is 37.9 Å². The number of methoxy groups -OCH3 is 1. The minimum absolute atomic E-state index is 0.447. The van der Waals surface area contributed by atoms with Gasteiger partial charge in [-0.3, -0.25) is 4.57 Å². The highest BCUT2D eigenvalue weighted by molar-refractivity contribution is 5.73. The SMILES string of the molecule is COCCc1ncnc2c1ncn2[C@@H]1O[C@H](C)[C@@H](O)[C@H]1O. The number of rotatable bonds is 4. The van der Waals surface area contributed by atoms with Gasteiger partial charge in [-0.15, -0.1) is 0 Å². The largest absolute Gasteiger partial charge is 0.388 e. The number of aliphatic hydroxyl groups is 2. The van der Waals surface area contributed by atoms with Gasteiger partial charge in [-0.05, 0) is 6.92 Å². The van der Waals surface area contributed by atoms with Gasteiger partial charge in [0.25, 0.3) is 0 Å². The number of fused-ring (bicyclic) bond motifs is 1. The Bertz CT molecular complexity index is 632. The van der Waals surface area contributed by atoms with Crippen LogP contribution in [0.3, 0.4) is 0 Å². The molecule has 0 radical (unpaired) electrons. The summed E-state index contributed by atoms with van der Waals surface area (Å²) in [6.07, 6.45) is 0.528. The predicted molar refractivity (Wildman–Crippen MR) is 72.5 cm³/mol. The van der Waals surface area contributed by atoms with Crippen molar-refractivity contribution in [1.29, 1.82) is 0 Å². The summed E-state index contributed by atoms with van der Waals surface area (Å²) in [7, 11) is 1.63. The van der Waals surface area contributed by atoms with Crippen LogP contribution in [-0.4, -0.2) is 61.8 Å². The molecule has 0 aliphatic carbocycles. The molecule has 3 rings (SSSR count). The summed E-state index contributed by atoms with van der Waals surface area (Å²) < 4.78 is 12.3. The van der Waals surface area contributed by atoms with Gasteiger partial charge >= 0.3 is 0 Å². The predicted octanol–water partition coefficient (Wildman–Crippen LogP) is -0.346. The summed E-state index contributed by atoms with van der Waals surface area (Å²) in [6.45, 7) is 2.25. The molecule has 1 aliphatic heterocycles. The summed E-state index contributed by atoms with van der Waals surface area (Å²) in [6, 6.07) is 0. The van der Waals surface area contributed by atoms with Crippen molar-refractivity contribution in [3.63, 3.8) is 0 Å². The third-order valence-corrected chi connectivity index (χ3v) is 3.73. The molecular weight excluding hydrogens is 276 g/mol. The second kappa shape index (κ2) is 5.64. The number of aliphatic hydroxyl groups excluding tert-OH is 2. The summed E-state index contributed by atoms with van der Waals surface area (Å²) >= 11 is 0. The lowest BCUT2D eigenvalue weighted by Gasteiger charge is -2.16. The van der Waals surface area contributed by atoms with Gasteiger partial charge in [0.05, 0.1) is 24.7 Å². The van der Waals surface area contributed by atoms with Gasteiger partial charge in [-0.1, -0.05) is 0 Å². The van der Waals surface area contributed by atoms with Gasteiger partial charge in [0.1, 0.15) is 24.1 Å². The van der Waals surface area contributed by atoms with Crippen LogP contribution in [0.2, 0.25) is 0 Å². The van der Waals surface area contributed by atoms with E-state index in [0.717, 1.165) is 5.69 Å². The van der Waals surface area contributed by atoms with Crippen LogP contribution in [0.5, 0.6) is 0 Å². The molecule has 1 aliphatic rings. The molecular formula is C13H18N4O4. The van der Waals surface area contributed by atoms with E-state index in [1.54, 1.807) is 24.9 Å². The number of nitrogens with zero attached hydrogens (tertiary/aromatic N) is 4. The normalized spacial score (nSPS) is 29.3.